The van der Waals surface area contributed by atoms with Gasteiger partial charge in [0.25, 0.3) is 5.91 Å². The van der Waals surface area contributed by atoms with Crippen molar-refractivity contribution in [2.45, 2.75) is 25.7 Å². The highest BCUT2D eigenvalue weighted by Crippen LogP contribution is 2.14. The number of carbonyl (C=O) groups excluding carboxylic acids is 2. The van der Waals surface area contributed by atoms with Crippen molar-refractivity contribution < 1.29 is 14.7 Å². The molecule has 0 bridgehead atoms. The number of benzene rings is 1. The molecule has 1 aromatic carbocycles. The van der Waals surface area contributed by atoms with E-state index in [0.29, 0.717) is 13.0 Å². The van der Waals surface area contributed by atoms with E-state index in [2.05, 4.69) is 15.8 Å². The lowest BCUT2D eigenvalue weighted by atomic mass is 10.1. The van der Waals surface area contributed by atoms with Gasteiger partial charge in [-0.3, -0.25) is 20.4 Å². The first-order valence-electron chi connectivity index (χ1n) is 7.26. The van der Waals surface area contributed by atoms with E-state index in [1.165, 1.54) is 31.4 Å². The standard InChI is InChI=1S/C15H21N3O3/c19-13-7-3-2-6-12(13)15(21)17-16-14(20)8-11-18-9-4-1-5-10-18/h2-3,6-7,19H,1,4-5,8-11H2,(H,16,20)(H,17,21). The molecule has 1 fully saturated rings. The van der Waals surface area contributed by atoms with Gasteiger partial charge in [-0.25, -0.2) is 0 Å². The predicted octanol–water partition coefficient (Wildman–Crippen LogP) is 1.03. The minimum atomic E-state index is -0.528. The Bertz CT molecular complexity index is 499. The zero-order valence-electron chi connectivity index (χ0n) is 12.0. The number of phenolic OH excluding ortho intramolecular Hbond substituents is 1. The van der Waals surface area contributed by atoms with E-state index in [1.807, 2.05) is 0 Å². The lowest BCUT2D eigenvalue weighted by molar-refractivity contribution is -0.122. The van der Waals surface area contributed by atoms with Gasteiger partial charge >= 0.3 is 0 Å². The molecule has 2 rings (SSSR count). The summed E-state index contributed by atoms with van der Waals surface area (Å²) in [6.07, 6.45) is 3.98. The number of likely N-dealkylation sites (tertiary alicyclic amines) is 1. The van der Waals surface area contributed by atoms with Crippen LogP contribution in [0.5, 0.6) is 5.75 Å². The lowest BCUT2D eigenvalue weighted by Gasteiger charge is -2.25. The number of amides is 2. The number of hydrazine groups is 1. The van der Waals surface area contributed by atoms with Crippen molar-refractivity contribution in [2.24, 2.45) is 0 Å². The van der Waals surface area contributed by atoms with Gasteiger partial charge in [0.05, 0.1) is 5.56 Å². The van der Waals surface area contributed by atoms with Crippen molar-refractivity contribution in [3.05, 3.63) is 29.8 Å². The molecule has 1 saturated heterocycles. The van der Waals surface area contributed by atoms with Crippen LogP contribution in [0.2, 0.25) is 0 Å². The predicted molar refractivity (Wildman–Crippen MR) is 78.6 cm³/mol. The third-order valence-electron chi connectivity index (χ3n) is 3.57. The summed E-state index contributed by atoms with van der Waals surface area (Å²) in [5.41, 5.74) is 4.81. The van der Waals surface area contributed by atoms with Crippen LogP contribution in [0.25, 0.3) is 0 Å². The van der Waals surface area contributed by atoms with Gasteiger partial charge in [0.1, 0.15) is 5.75 Å². The number of hydrogen-bond donors (Lipinski definition) is 3. The summed E-state index contributed by atoms with van der Waals surface area (Å²) in [4.78, 5) is 25.7. The summed E-state index contributed by atoms with van der Waals surface area (Å²) in [5, 5.41) is 9.54. The van der Waals surface area contributed by atoms with Gasteiger partial charge in [-0.15, -0.1) is 0 Å². The van der Waals surface area contributed by atoms with Crippen molar-refractivity contribution in [2.75, 3.05) is 19.6 Å². The van der Waals surface area contributed by atoms with Crippen LogP contribution in [0.1, 0.15) is 36.0 Å². The smallest absolute Gasteiger partial charge is 0.273 e. The number of piperidine rings is 1. The average Bonchev–Trinajstić information content (AvgIpc) is 2.52. The monoisotopic (exact) mass is 291 g/mol. The van der Waals surface area contributed by atoms with Crippen LogP contribution in [0, 0.1) is 0 Å². The molecule has 0 spiro atoms. The Balaban J connectivity index is 1.71. The number of phenols is 1. The molecule has 21 heavy (non-hydrogen) atoms. The van der Waals surface area contributed by atoms with E-state index in [4.69, 9.17) is 0 Å². The Kier molecular flexibility index (Phi) is 5.57. The number of aromatic hydroxyl groups is 1. The zero-order chi connectivity index (χ0) is 15.1. The Hall–Kier alpha value is -2.08. The van der Waals surface area contributed by atoms with Gasteiger partial charge in [0.15, 0.2) is 0 Å². The molecule has 2 amide bonds. The second-order valence-electron chi connectivity index (χ2n) is 5.17. The van der Waals surface area contributed by atoms with Crippen LogP contribution in [-0.2, 0) is 4.79 Å². The van der Waals surface area contributed by atoms with E-state index < -0.39 is 5.91 Å². The molecule has 1 heterocycles. The molecular weight excluding hydrogens is 270 g/mol. The van der Waals surface area contributed by atoms with Crippen LogP contribution in [-0.4, -0.2) is 41.5 Å². The number of carbonyl (C=O) groups is 2. The minimum absolute atomic E-state index is 0.113. The normalized spacial score (nSPS) is 15.4. The highest BCUT2D eigenvalue weighted by Gasteiger charge is 2.13. The summed E-state index contributed by atoms with van der Waals surface area (Å²) in [6, 6.07) is 6.19. The first-order chi connectivity index (χ1) is 10.2. The van der Waals surface area contributed by atoms with Crippen molar-refractivity contribution in [3.63, 3.8) is 0 Å². The molecule has 1 aliphatic rings. The van der Waals surface area contributed by atoms with Crippen LogP contribution in [0.15, 0.2) is 24.3 Å². The van der Waals surface area contributed by atoms with E-state index in [9.17, 15) is 14.7 Å². The highest BCUT2D eigenvalue weighted by molar-refractivity contribution is 5.97. The van der Waals surface area contributed by atoms with E-state index in [-0.39, 0.29) is 17.2 Å². The summed E-state index contributed by atoms with van der Waals surface area (Å²) >= 11 is 0. The molecule has 1 aliphatic heterocycles. The first kappa shape index (κ1) is 15.3. The maximum absolute atomic E-state index is 11.8. The van der Waals surface area contributed by atoms with Crippen LogP contribution in [0.3, 0.4) is 0 Å². The Labute approximate surface area is 124 Å². The molecule has 1 aromatic rings. The second kappa shape index (κ2) is 7.64. The van der Waals surface area contributed by atoms with Gasteiger partial charge in [0, 0.05) is 13.0 Å². The summed E-state index contributed by atoms with van der Waals surface area (Å²) in [6.45, 7) is 2.79. The SMILES string of the molecule is O=C(CCN1CCCCC1)NNC(=O)c1ccccc1O. The number of hydrogen-bond acceptors (Lipinski definition) is 4. The van der Waals surface area contributed by atoms with Crippen molar-refractivity contribution in [1.29, 1.82) is 0 Å². The molecule has 0 radical (unpaired) electrons. The van der Waals surface area contributed by atoms with Crippen LogP contribution >= 0.6 is 0 Å². The quantitative estimate of drug-likeness (QED) is 0.724. The topological polar surface area (TPSA) is 81.7 Å². The molecule has 6 nitrogen and oxygen atoms in total. The number of rotatable bonds is 4. The first-order valence-corrected chi connectivity index (χ1v) is 7.26. The summed E-state index contributed by atoms with van der Waals surface area (Å²) in [7, 11) is 0. The summed E-state index contributed by atoms with van der Waals surface area (Å²) < 4.78 is 0. The van der Waals surface area contributed by atoms with Crippen molar-refractivity contribution in [1.82, 2.24) is 15.8 Å². The van der Waals surface area contributed by atoms with Crippen LogP contribution < -0.4 is 10.9 Å². The van der Waals surface area contributed by atoms with Gasteiger partial charge in [0.2, 0.25) is 5.91 Å². The molecule has 0 atom stereocenters. The lowest BCUT2D eigenvalue weighted by Crippen LogP contribution is -2.43. The Morgan fingerprint density at radius 3 is 2.52 bits per heavy atom. The van der Waals surface area contributed by atoms with E-state index >= 15 is 0 Å². The zero-order valence-corrected chi connectivity index (χ0v) is 12.0. The Morgan fingerprint density at radius 1 is 1.10 bits per heavy atom. The van der Waals surface area contributed by atoms with Gasteiger partial charge in [-0.05, 0) is 38.1 Å². The van der Waals surface area contributed by atoms with E-state index in [1.54, 1.807) is 12.1 Å². The van der Waals surface area contributed by atoms with Gasteiger partial charge in [-0.2, -0.15) is 0 Å². The molecule has 0 saturated carbocycles. The largest absolute Gasteiger partial charge is 0.507 e. The fraction of sp³-hybridized carbons (Fsp3) is 0.467. The fourth-order valence-electron chi connectivity index (χ4n) is 2.36. The maximum Gasteiger partial charge on any atom is 0.273 e. The molecule has 0 aromatic heterocycles. The van der Waals surface area contributed by atoms with E-state index in [0.717, 1.165) is 13.1 Å². The van der Waals surface area contributed by atoms with Crippen molar-refractivity contribution >= 4 is 11.8 Å². The van der Waals surface area contributed by atoms with Crippen LogP contribution in [0.4, 0.5) is 0 Å². The number of nitrogens with zero attached hydrogens (tertiary/aromatic N) is 1. The Morgan fingerprint density at radius 2 is 1.81 bits per heavy atom. The van der Waals surface area contributed by atoms with Gasteiger partial charge < -0.3 is 10.0 Å². The van der Waals surface area contributed by atoms with Gasteiger partial charge in [-0.1, -0.05) is 18.6 Å². The molecule has 114 valence electrons. The number of nitrogens with one attached hydrogen (secondary N) is 2. The molecule has 3 N–H and O–H groups in total. The number of para-hydroxylation sites is 1. The molecule has 0 aliphatic carbocycles. The average molecular weight is 291 g/mol. The molecule has 0 unspecified atom stereocenters. The van der Waals surface area contributed by atoms with Crippen molar-refractivity contribution in [3.8, 4) is 5.75 Å². The minimum Gasteiger partial charge on any atom is -0.507 e. The molecule has 6 heteroatoms. The maximum atomic E-state index is 11.8. The molecular formula is C15H21N3O3. The summed E-state index contributed by atoms with van der Waals surface area (Å²) in [5.74, 6) is -0.874. The fourth-order valence-corrected chi connectivity index (χ4v) is 2.36. The third-order valence-corrected chi connectivity index (χ3v) is 3.57. The highest BCUT2D eigenvalue weighted by atomic mass is 16.3. The third kappa shape index (κ3) is 4.75. The second-order valence-corrected chi connectivity index (χ2v) is 5.17.